The molecule has 1 N–H and O–H groups in total. The molecule has 0 amide bonds. The summed E-state index contributed by atoms with van der Waals surface area (Å²) in [4.78, 5) is 14.7. The van der Waals surface area contributed by atoms with Crippen LogP contribution in [-0.2, 0) is 11.3 Å². The van der Waals surface area contributed by atoms with E-state index in [-0.39, 0.29) is 19.0 Å². The monoisotopic (exact) mass is 203 g/mol. The Balaban J connectivity index is 0.00000144. The fraction of sp³-hybridized carbons (Fsp3) is 0.250. The molecule has 0 unspecified atom stereocenters. The summed E-state index contributed by atoms with van der Waals surface area (Å²) in [6.07, 6.45) is 1.37. The van der Waals surface area contributed by atoms with Gasteiger partial charge in [-0.05, 0) is 12.1 Å². The van der Waals surface area contributed by atoms with Gasteiger partial charge < -0.3 is 9.84 Å². The molecule has 0 bridgehead atoms. The van der Waals surface area contributed by atoms with Crippen molar-refractivity contribution in [1.82, 2.24) is 4.98 Å². The highest BCUT2D eigenvalue weighted by Crippen LogP contribution is 2.01. The zero-order valence-corrected chi connectivity index (χ0v) is 7.87. The van der Waals surface area contributed by atoms with Gasteiger partial charge in [-0.15, -0.1) is 12.4 Å². The molecule has 0 saturated heterocycles. The number of hydrogen-bond acceptors (Lipinski definition) is 4. The number of halogens is 1. The van der Waals surface area contributed by atoms with E-state index < -0.39 is 5.97 Å². The third-order valence-electron chi connectivity index (χ3n) is 1.41. The first-order valence-electron chi connectivity index (χ1n) is 3.42. The Morgan fingerprint density at radius 3 is 2.69 bits per heavy atom. The van der Waals surface area contributed by atoms with E-state index in [1.807, 2.05) is 0 Å². The number of pyridine rings is 1. The summed E-state index contributed by atoms with van der Waals surface area (Å²) in [6, 6.07) is 3.14. The number of hydrogen-bond donors (Lipinski definition) is 1. The summed E-state index contributed by atoms with van der Waals surface area (Å²) < 4.78 is 4.47. The van der Waals surface area contributed by atoms with Crippen LogP contribution in [-0.4, -0.2) is 23.2 Å². The molecule has 5 heteroatoms. The minimum absolute atomic E-state index is 0. The molecule has 0 aliphatic heterocycles. The number of carbonyl (C=O) groups excluding carboxylic acids is 1. The Morgan fingerprint density at radius 1 is 1.62 bits per heavy atom. The van der Waals surface area contributed by atoms with Crippen molar-refractivity contribution in [3.05, 3.63) is 29.6 Å². The van der Waals surface area contributed by atoms with Crippen molar-refractivity contribution in [1.29, 1.82) is 0 Å². The molecule has 0 fully saturated rings. The lowest BCUT2D eigenvalue weighted by atomic mass is 10.2. The second-order valence-electron chi connectivity index (χ2n) is 2.19. The summed E-state index contributed by atoms with van der Waals surface area (Å²) in [6.45, 7) is -0.124. The maximum absolute atomic E-state index is 10.9. The molecule has 0 aliphatic carbocycles. The lowest BCUT2D eigenvalue weighted by Gasteiger charge is -1.98. The van der Waals surface area contributed by atoms with Gasteiger partial charge in [-0.25, -0.2) is 4.79 Å². The molecule has 72 valence electrons. The highest BCUT2D eigenvalue weighted by atomic mass is 35.5. The molecule has 13 heavy (non-hydrogen) atoms. The quantitative estimate of drug-likeness (QED) is 0.722. The third kappa shape index (κ3) is 3.01. The van der Waals surface area contributed by atoms with E-state index in [0.29, 0.717) is 11.3 Å². The smallest absolute Gasteiger partial charge is 0.339 e. The number of methoxy groups -OCH3 is 1. The first kappa shape index (κ1) is 11.9. The number of ether oxygens (including phenoxy) is 1. The van der Waals surface area contributed by atoms with Crippen LogP contribution in [0.2, 0.25) is 0 Å². The van der Waals surface area contributed by atoms with E-state index in [0.717, 1.165) is 0 Å². The lowest BCUT2D eigenvalue weighted by Crippen LogP contribution is -2.02. The molecule has 4 nitrogen and oxygen atoms in total. The minimum atomic E-state index is -0.424. The van der Waals surface area contributed by atoms with Gasteiger partial charge in [-0.3, -0.25) is 4.98 Å². The van der Waals surface area contributed by atoms with Crippen LogP contribution in [0.3, 0.4) is 0 Å². The predicted octanol–water partition coefficient (Wildman–Crippen LogP) is 0.782. The minimum Gasteiger partial charge on any atom is -0.465 e. The fourth-order valence-electron chi connectivity index (χ4n) is 0.757. The molecule has 0 aromatic carbocycles. The Bertz CT molecular complexity index is 273. The Kier molecular flexibility index (Phi) is 5.03. The number of aliphatic hydroxyl groups is 1. The maximum atomic E-state index is 10.9. The number of rotatable bonds is 2. The van der Waals surface area contributed by atoms with Gasteiger partial charge in [0.05, 0.1) is 25.0 Å². The lowest BCUT2D eigenvalue weighted by molar-refractivity contribution is 0.0600. The van der Waals surface area contributed by atoms with Crippen LogP contribution in [0.15, 0.2) is 18.3 Å². The van der Waals surface area contributed by atoms with Gasteiger partial charge in [0.15, 0.2) is 0 Å². The summed E-state index contributed by atoms with van der Waals surface area (Å²) in [7, 11) is 1.31. The molecule has 1 rings (SSSR count). The van der Waals surface area contributed by atoms with Crippen LogP contribution in [0, 0.1) is 0 Å². The highest BCUT2D eigenvalue weighted by molar-refractivity contribution is 5.88. The number of aliphatic hydroxyl groups excluding tert-OH is 1. The maximum Gasteiger partial charge on any atom is 0.339 e. The van der Waals surface area contributed by atoms with Crippen LogP contribution < -0.4 is 0 Å². The van der Waals surface area contributed by atoms with Gasteiger partial charge in [0.1, 0.15) is 0 Å². The number of carbonyl (C=O) groups is 1. The van der Waals surface area contributed by atoms with Gasteiger partial charge in [0.2, 0.25) is 0 Å². The number of nitrogens with zero attached hydrogens (tertiary/aromatic N) is 1. The Hall–Kier alpha value is -1.13. The summed E-state index contributed by atoms with van der Waals surface area (Å²) >= 11 is 0. The van der Waals surface area contributed by atoms with Crippen LogP contribution in [0.25, 0.3) is 0 Å². The van der Waals surface area contributed by atoms with Crippen LogP contribution in [0.4, 0.5) is 0 Å². The van der Waals surface area contributed by atoms with E-state index in [4.69, 9.17) is 5.11 Å². The molecule has 0 atom stereocenters. The van der Waals surface area contributed by atoms with Crippen molar-refractivity contribution in [3.63, 3.8) is 0 Å². The second-order valence-corrected chi connectivity index (χ2v) is 2.19. The SMILES string of the molecule is COC(=O)c1ccc(CO)nc1.Cl. The van der Waals surface area contributed by atoms with Gasteiger partial charge in [-0.1, -0.05) is 0 Å². The predicted molar refractivity (Wildman–Crippen MR) is 48.7 cm³/mol. The van der Waals surface area contributed by atoms with Crippen molar-refractivity contribution < 1.29 is 14.6 Å². The molecule has 0 radical (unpaired) electrons. The standard InChI is InChI=1S/C8H9NO3.ClH/c1-12-8(11)6-2-3-7(5-10)9-4-6;/h2-4,10H,5H2,1H3;1H. The van der Waals surface area contributed by atoms with Crippen molar-refractivity contribution in [2.45, 2.75) is 6.61 Å². The van der Waals surface area contributed by atoms with Crippen LogP contribution >= 0.6 is 12.4 Å². The Labute approximate surface area is 82.0 Å². The molecule has 0 saturated carbocycles. The second kappa shape index (κ2) is 5.50. The average Bonchev–Trinajstić information content (AvgIpc) is 2.17. The van der Waals surface area contributed by atoms with Gasteiger partial charge >= 0.3 is 5.97 Å². The molecule has 1 aromatic rings. The average molecular weight is 204 g/mol. The summed E-state index contributed by atoms with van der Waals surface area (Å²) in [5.41, 5.74) is 0.914. The van der Waals surface area contributed by atoms with Crippen molar-refractivity contribution in [2.75, 3.05) is 7.11 Å². The molecule has 1 heterocycles. The zero-order valence-electron chi connectivity index (χ0n) is 7.06. The number of aromatic nitrogens is 1. The number of esters is 1. The van der Waals surface area contributed by atoms with Crippen molar-refractivity contribution in [3.8, 4) is 0 Å². The van der Waals surface area contributed by atoms with E-state index in [2.05, 4.69) is 9.72 Å². The molecular formula is C8H10ClNO3. The van der Waals surface area contributed by atoms with Crippen molar-refractivity contribution in [2.24, 2.45) is 0 Å². The zero-order chi connectivity index (χ0) is 8.97. The molecule has 0 spiro atoms. The third-order valence-corrected chi connectivity index (χ3v) is 1.41. The molecular weight excluding hydrogens is 194 g/mol. The summed E-state index contributed by atoms with van der Waals surface area (Å²) in [5, 5.41) is 8.65. The highest BCUT2D eigenvalue weighted by Gasteiger charge is 2.04. The van der Waals surface area contributed by atoms with Crippen LogP contribution in [0.1, 0.15) is 16.1 Å². The fourth-order valence-corrected chi connectivity index (χ4v) is 0.757. The van der Waals surface area contributed by atoms with E-state index in [9.17, 15) is 4.79 Å². The Morgan fingerprint density at radius 2 is 2.31 bits per heavy atom. The van der Waals surface area contributed by atoms with Gasteiger partial charge in [-0.2, -0.15) is 0 Å². The molecule has 0 aliphatic rings. The van der Waals surface area contributed by atoms with E-state index in [1.54, 1.807) is 12.1 Å². The van der Waals surface area contributed by atoms with E-state index >= 15 is 0 Å². The largest absolute Gasteiger partial charge is 0.465 e. The van der Waals surface area contributed by atoms with Gasteiger partial charge in [0.25, 0.3) is 0 Å². The molecule has 1 aromatic heterocycles. The first-order valence-corrected chi connectivity index (χ1v) is 3.42. The first-order chi connectivity index (χ1) is 5.77. The van der Waals surface area contributed by atoms with E-state index in [1.165, 1.54) is 13.3 Å². The normalized spacial score (nSPS) is 8.77. The van der Waals surface area contributed by atoms with Gasteiger partial charge in [0, 0.05) is 6.20 Å². The van der Waals surface area contributed by atoms with Crippen molar-refractivity contribution >= 4 is 18.4 Å². The van der Waals surface area contributed by atoms with Crippen LogP contribution in [0.5, 0.6) is 0 Å². The summed E-state index contributed by atoms with van der Waals surface area (Å²) in [5.74, 6) is -0.424. The topological polar surface area (TPSA) is 59.4 Å².